The van der Waals surface area contributed by atoms with E-state index >= 15 is 0 Å². The van der Waals surface area contributed by atoms with Crippen molar-refractivity contribution in [3.05, 3.63) is 35.4 Å². The van der Waals surface area contributed by atoms with Crippen molar-refractivity contribution < 1.29 is 23.7 Å². The molecule has 1 saturated carbocycles. The Morgan fingerprint density at radius 1 is 1.00 bits per heavy atom. The normalized spacial score (nSPS) is 29.4. The van der Waals surface area contributed by atoms with Crippen LogP contribution in [0.15, 0.2) is 24.3 Å². The van der Waals surface area contributed by atoms with Crippen molar-refractivity contribution >= 4 is 16.6 Å². The number of ether oxygens (including phenoxy) is 4. The van der Waals surface area contributed by atoms with E-state index in [0.717, 1.165) is 72.3 Å². The van der Waals surface area contributed by atoms with Gasteiger partial charge in [0.25, 0.3) is 0 Å². The number of hydrogen-bond acceptors (Lipinski definition) is 5. The molecule has 0 spiro atoms. The van der Waals surface area contributed by atoms with Crippen LogP contribution < -0.4 is 9.47 Å². The van der Waals surface area contributed by atoms with Crippen molar-refractivity contribution in [3.63, 3.8) is 0 Å². The van der Waals surface area contributed by atoms with Crippen molar-refractivity contribution in [2.45, 2.75) is 50.7 Å². The van der Waals surface area contributed by atoms with Gasteiger partial charge in [-0.25, -0.2) is 0 Å². The molecule has 0 bridgehead atoms. The molecule has 160 valence electrons. The lowest BCUT2D eigenvalue weighted by atomic mass is 9.54. The van der Waals surface area contributed by atoms with Gasteiger partial charge in [-0.3, -0.25) is 4.79 Å². The second kappa shape index (κ2) is 7.54. The molecule has 1 heterocycles. The lowest BCUT2D eigenvalue weighted by molar-refractivity contribution is -0.223. The summed E-state index contributed by atoms with van der Waals surface area (Å²) in [5.41, 5.74) is 1.89. The van der Waals surface area contributed by atoms with E-state index < -0.39 is 0 Å². The Morgan fingerprint density at radius 3 is 2.33 bits per heavy atom. The summed E-state index contributed by atoms with van der Waals surface area (Å²) >= 11 is 0. The van der Waals surface area contributed by atoms with Gasteiger partial charge >= 0.3 is 0 Å². The second-order valence-electron chi connectivity index (χ2n) is 9.08. The molecule has 30 heavy (non-hydrogen) atoms. The summed E-state index contributed by atoms with van der Waals surface area (Å²) in [7, 11) is 3.35. The van der Waals surface area contributed by atoms with E-state index in [1.807, 2.05) is 18.2 Å². The molecule has 5 rings (SSSR count). The minimum absolute atomic E-state index is 0.0847. The van der Waals surface area contributed by atoms with Gasteiger partial charge in [0.1, 0.15) is 11.5 Å². The number of hydrogen-bond donors (Lipinski definition) is 0. The second-order valence-corrected chi connectivity index (χ2v) is 9.08. The van der Waals surface area contributed by atoms with Crippen LogP contribution in [0.25, 0.3) is 10.8 Å². The zero-order valence-electron chi connectivity index (χ0n) is 18.0. The first kappa shape index (κ1) is 19.8. The third-order valence-corrected chi connectivity index (χ3v) is 7.61. The van der Waals surface area contributed by atoms with Gasteiger partial charge in [-0.1, -0.05) is 13.3 Å². The summed E-state index contributed by atoms with van der Waals surface area (Å²) in [6, 6.07) is 8.04. The van der Waals surface area contributed by atoms with Crippen LogP contribution in [0.5, 0.6) is 11.5 Å². The Hall–Kier alpha value is -2.11. The Kier molecular flexibility index (Phi) is 4.98. The number of carbonyl (C=O) groups is 1. The van der Waals surface area contributed by atoms with Crippen molar-refractivity contribution in [3.8, 4) is 11.5 Å². The van der Waals surface area contributed by atoms with E-state index in [2.05, 4.69) is 13.0 Å². The molecule has 0 aromatic heterocycles. The predicted octanol–water partition coefficient (Wildman–Crippen LogP) is 4.88. The first-order valence-electron chi connectivity index (χ1n) is 11.0. The summed E-state index contributed by atoms with van der Waals surface area (Å²) in [5.74, 6) is 2.26. The molecule has 2 aromatic rings. The summed E-state index contributed by atoms with van der Waals surface area (Å²) in [5, 5.41) is 1.93. The summed E-state index contributed by atoms with van der Waals surface area (Å²) in [4.78, 5) is 13.4. The first-order chi connectivity index (χ1) is 14.6. The third kappa shape index (κ3) is 2.94. The number of Topliss-reactive ketones (excluding diaryl/α,β-unsaturated/α-hetero) is 1. The molecule has 0 radical (unpaired) electrons. The van der Waals surface area contributed by atoms with Gasteiger partial charge in [0.2, 0.25) is 0 Å². The molecular formula is C25H30O5. The zero-order chi connectivity index (χ0) is 20.9. The molecule has 3 atom stereocenters. The average molecular weight is 411 g/mol. The van der Waals surface area contributed by atoms with Gasteiger partial charge < -0.3 is 18.9 Å². The smallest absolute Gasteiger partial charge is 0.163 e. The standard InChI is InChI=1S/C25H30O5/c1-25-9-4-6-15(24-29-10-5-11-30-24)20(25)14-21(26)18-12-16-17(13-19(18)25)23(28-3)8-7-22(16)27-2/h7-8,12-13,15,20,24H,4-6,9-11,14H2,1-3H3/t15-,20-,25-/m0/s1. The van der Waals surface area contributed by atoms with E-state index in [4.69, 9.17) is 18.9 Å². The highest BCUT2D eigenvalue weighted by atomic mass is 16.7. The molecule has 5 nitrogen and oxygen atoms in total. The number of fused-ring (bicyclic) bond motifs is 4. The quantitative estimate of drug-likeness (QED) is 0.722. The maximum atomic E-state index is 13.4. The van der Waals surface area contributed by atoms with Gasteiger partial charge in [-0.2, -0.15) is 0 Å². The maximum absolute atomic E-state index is 13.4. The van der Waals surface area contributed by atoms with Crippen LogP contribution in [-0.2, 0) is 14.9 Å². The van der Waals surface area contributed by atoms with Crippen LogP contribution in [-0.4, -0.2) is 39.5 Å². The van der Waals surface area contributed by atoms with Gasteiger partial charge in [0.15, 0.2) is 12.1 Å². The molecular weight excluding hydrogens is 380 g/mol. The minimum atomic E-state index is -0.187. The van der Waals surface area contributed by atoms with Crippen LogP contribution in [0.4, 0.5) is 0 Å². The predicted molar refractivity (Wildman–Crippen MR) is 114 cm³/mol. The van der Waals surface area contributed by atoms with Crippen molar-refractivity contribution in [2.24, 2.45) is 11.8 Å². The molecule has 2 aliphatic carbocycles. The Bertz CT molecular complexity index is 977. The average Bonchev–Trinajstić information content (AvgIpc) is 2.78. The van der Waals surface area contributed by atoms with Crippen molar-refractivity contribution in [1.29, 1.82) is 0 Å². The van der Waals surface area contributed by atoms with Gasteiger partial charge in [0, 0.05) is 28.7 Å². The lowest BCUT2D eigenvalue weighted by Crippen LogP contribution is -2.50. The molecule has 0 unspecified atom stereocenters. The number of methoxy groups -OCH3 is 2. The van der Waals surface area contributed by atoms with E-state index in [0.29, 0.717) is 6.42 Å². The van der Waals surface area contributed by atoms with Gasteiger partial charge in [-0.15, -0.1) is 0 Å². The van der Waals surface area contributed by atoms with Crippen LogP contribution in [0.3, 0.4) is 0 Å². The number of rotatable bonds is 3. The van der Waals surface area contributed by atoms with Gasteiger partial charge in [-0.05, 0) is 60.4 Å². The SMILES string of the molecule is COc1ccc(OC)c2cc3c(cc12)C(=O)C[C@H]1[C@@H](C2OCCCO2)CCC[C@@]31C. The molecule has 5 heteroatoms. The third-order valence-electron chi connectivity index (χ3n) is 7.61. The largest absolute Gasteiger partial charge is 0.496 e. The highest BCUT2D eigenvalue weighted by molar-refractivity contribution is 6.05. The molecule has 1 saturated heterocycles. The molecule has 0 amide bonds. The number of carbonyl (C=O) groups excluding carboxylic acids is 1. The molecule has 3 aliphatic rings. The van der Waals surface area contributed by atoms with E-state index in [1.54, 1.807) is 14.2 Å². The fraction of sp³-hybridized carbons (Fsp3) is 0.560. The van der Waals surface area contributed by atoms with Crippen LogP contribution in [0.2, 0.25) is 0 Å². The fourth-order valence-corrected chi connectivity index (χ4v) is 6.06. The summed E-state index contributed by atoms with van der Waals surface area (Å²) in [6.07, 6.45) is 4.54. The molecule has 2 fully saturated rings. The number of benzene rings is 2. The fourth-order valence-electron chi connectivity index (χ4n) is 6.06. The lowest BCUT2D eigenvalue weighted by Gasteiger charge is -2.51. The Morgan fingerprint density at radius 2 is 1.67 bits per heavy atom. The topological polar surface area (TPSA) is 54.0 Å². The van der Waals surface area contributed by atoms with E-state index in [1.165, 1.54) is 0 Å². The van der Waals surface area contributed by atoms with Crippen LogP contribution in [0.1, 0.15) is 54.9 Å². The molecule has 1 aliphatic heterocycles. The molecule has 2 aromatic carbocycles. The summed E-state index contributed by atoms with van der Waals surface area (Å²) in [6.45, 7) is 3.82. The van der Waals surface area contributed by atoms with Crippen LogP contribution in [0, 0.1) is 11.8 Å². The van der Waals surface area contributed by atoms with E-state index in [-0.39, 0.29) is 29.3 Å². The minimum Gasteiger partial charge on any atom is -0.496 e. The van der Waals surface area contributed by atoms with Crippen LogP contribution >= 0.6 is 0 Å². The van der Waals surface area contributed by atoms with Crippen molar-refractivity contribution in [2.75, 3.05) is 27.4 Å². The maximum Gasteiger partial charge on any atom is 0.163 e. The summed E-state index contributed by atoms with van der Waals surface area (Å²) < 4.78 is 23.2. The zero-order valence-corrected chi connectivity index (χ0v) is 18.0. The van der Waals surface area contributed by atoms with Crippen molar-refractivity contribution in [1.82, 2.24) is 0 Å². The Balaban J connectivity index is 1.66. The van der Waals surface area contributed by atoms with Gasteiger partial charge in [0.05, 0.1) is 27.4 Å². The highest BCUT2D eigenvalue weighted by Gasteiger charge is 2.51. The molecule has 0 N–H and O–H groups in total. The first-order valence-corrected chi connectivity index (χ1v) is 11.0. The monoisotopic (exact) mass is 410 g/mol. The number of ketones is 1. The highest BCUT2D eigenvalue weighted by Crippen LogP contribution is 2.54. The Labute approximate surface area is 177 Å². The van der Waals surface area contributed by atoms with E-state index in [9.17, 15) is 4.79 Å².